The molecule has 0 atom stereocenters. The Labute approximate surface area is 70.2 Å². The smallest absolute Gasteiger partial charge is 0.217 e. The SMILES string of the molecule is COc1cc(SC)nc(C)n1. The van der Waals surface area contributed by atoms with Gasteiger partial charge < -0.3 is 4.74 Å². The second-order valence-electron chi connectivity index (χ2n) is 2.00. The van der Waals surface area contributed by atoms with Crippen molar-refractivity contribution in [2.75, 3.05) is 13.4 Å². The Morgan fingerprint density at radius 2 is 2.18 bits per heavy atom. The van der Waals surface area contributed by atoms with Gasteiger partial charge in [-0.1, -0.05) is 0 Å². The molecule has 0 aromatic carbocycles. The van der Waals surface area contributed by atoms with Crippen LogP contribution in [0.3, 0.4) is 0 Å². The van der Waals surface area contributed by atoms with E-state index in [4.69, 9.17) is 4.74 Å². The lowest BCUT2D eigenvalue weighted by molar-refractivity contribution is 0.393. The van der Waals surface area contributed by atoms with Crippen molar-refractivity contribution in [1.82, 2.24) is 9.97 Å². The van der Waals surface area contributed by atoms with Crippen molar-refractivity contribution < 1.29 is 4.74 Å². The monoisotopic (exact) mass is 170 g/mol. The van der Waals surface area contributed by atoms with Gasteiger partial charge in [0, 0.05) is 6.07 Å². The van der Waals surface area contributed by atoms with Gasteiger partial charge in [0.05, 0.1) is 7.11 Å². The van der Waals surface area contributed by atoms with E-state index in [1.807, 2.05) is 19.2 Å². The van der Waals surface area contributed by atoms with Gasteiger partial charge in [-0.3, -0.25) is 0 Å². The van der Waals surface area contributed by atoms with Gasteiger partial charge in [0.25, 0.3) is 0 Å². The van der Waals surface area contributed by atoms with Crippen LogP contribution in [0, 0.1) is 6.92 Å². The fourth-order valence-corrected chi connectivity index (χ4v) is 1.17. The molecule has 0 saturated carbocycles. The van der Waals surface area contributed by atoms with Crippen molar-refractivity contribution in [2.45, 2.75) is 11.9 Å². The van der Waals surface area contributed by atoms with Gasteiger partial charge in [-0.25, -0.2) is 4.98 Å². The largest absolute Gasteiger partial charge is 0.481 e. The number of hydrogen-bond acceptors (Lipinski definition) is 4. The van der Waals surface area contributed by atoms with Crippen LogP contribution in [0.15, 0.2) is 11.1 Å². The van der Waals surface area contributed by atoms with Crippen molar-refractivity contribution in [3.63, 3.8) is 0 Å². The molecule has 4 heteroatoms. The third-order valence-corrected chi connectivity index (χ3v) is 1.84. The Kier molecular flexibility index (Phi) is 2.70. The van der Waals surface area contributed by atoms with E-state index in [0.29, 0.717) is 5.88 Å². The second kappa shape index (κ2) is 3.57. The zero-order valence-electron chi connectivity index (χ0n) is 6.79. The Morgan fingerprint density at radius 3 is 2.73 bits per heavy atom. The highest BCUT2D eigenvalue weighted by Gasteiger charge is 1.98. The summed E-state index contributed by atoms with van der Waals surface area (Å²) in [6.45, 7) is 1.85. The molecule has 0 amide bonds. The van der Waals surface area contributed by atoms with Crippen molar-refractivity contribution in [3.05, 3.63) is 11.9 Å². The van der Waals surface area contributed by atoms with Gasteiger partial charge in [0.1, 0.15) is 10.9 Å². The first-order chi connectivity index (χ1) is 5.26. The van der Waals surface area contributed by atoms with Crippen molar-refractivity contribution >= 4 is 11.8 Å². The molecule has 11 heavy (non-hydrogen) atoms. The molecule has 1 aromatic heterocycles. The summed E-state index contributed by atoms with van der Waals surface area (Å²) < 4.78 is 4.97. The van der Waals surface area contributed by atoms with E-state index in [2.05, 4.69) is 9.97 Å². The molecule has 0 aliphatic heterocycles. The van der Waals surface area contributed by atoms with E-state index in [1.54, 1.807) is 18.9 Å². The highest BCUT2D eigenvalue weighted by molar-refractivity contribution is 7.98. The van der Waals surface area contributed by atoms with E-state index < -0.39 is 0 Å². The van der Waals surface area contributed by atoms with Crippen LogP contribution in [0.4, 0.5) is 0 Å². The first-order valence-corrected chi connectivity index (χ1v) is 4.42. The Bertz CT molecular complexity index is 230. The maximum atomic E-state index is 4.97. The quantitative estimate of drug-likeness (QED) is 0.498. The molecule has 1 heterocycles. The number of aromatic nitrogens is 2. The zero-order chi connectivity index (χ0) is 8.27. The lowest BCUT2D eigenvalue weighted by atomic mass is 10.6. The van der Waals surface area contributed by atoms with Crippen LogP contribution < -0.4 is 4.74 Å². The number of hydrogen-bond donors (Lipinski definition) is 0. The molecule has 0 radical (unpaired) electrons. The molecular formula is C7H10N2OS. The van der Waals surface area contributed by atoms with Crippen molar-refractivity contribution in [1.29, 1.82) is 0 Å². The predicted molar refractivity (Wildman–Crippen MR) is 45.1 cm³/mol. The van der Waals surface area contributed by atoms with Gasteiger partial charge in [-0.15, -0.1) is 11.8 Å². The number of ether oxygens (including phenoxy) is 1. The van der Waals surface area contributed by atoms with Crippen LogP contribution in [0.5, 0.6) is 5.88 Å². The highest BCUT2D eigenvalue weighted by atomic mass is 32.2. The van der Waals surface area contributed by atoms with Gasteiger partial charge in [-0.2, -0.15) is 4.98 Å². The summed E-state index contributed by atoms with van der Waals surface area (Å²) in [6.07, 6.45) is 1.97. The lowest BCUT2D eigenvalue weighted by Gasteiger charge is -2.01. The standard InChI is InChI=1S/C7H10N2OS/c1-5-8-6(10-2)4-7(9-5)11-3/h4H,1-3H3. The fraction of sp³-hybridized carbons (Fsp3) is 0.429. The van der Waals surface area contributed by atoms with Crippen LogP contribution in [0.2, 0.25) is 0 Å². The molecule has 60 valence electrons. The summed E-state index contributed by atoms with van der Waals surface area (Å²) in [4.78, 5) is 8.23. The maximum Gasteiger partial charge on any atom is 0.217 e. The molecule has 0 fully saturated rings. The summed E-state index contributed by atoms with van der Waals surface area (Å²) in [5, 5.41) is 0.939. The van der Waals surface area contributed by atoms with Crippen molar-refractivity contribution in [3.8, 4) is 5.88 Å². The van der Waals surface area contributed by atoms with E-state index in [9.17, 15) is 0 Å². The third-order valence-electron chi connectivity index (χ3n) is 1.21. The molecule has 0 bridgehead atoms. The molecule has 0 unspecified atom stereocenters. The molecule has 3 nitrogen and oxygen atoms in total. The Balaban J connectivity index is 3.02. The topological polar surface area (TPSA) is 35.0 Å². The molecule has 1 aromatic rings. The molecule has 0 aliphatic rings. The van der Waals surface area contributed by atoms with Gasteiger partial charge >= 0.3 is 0 Å². The molecule has 0 spiro atoms. The molecule has 0 aliphatic carbocycles. The van der Waals surface area contributed by atoms with Crippen LogP contribution in [0.25, 0.3) is 0 Å². The molecular weight excluding hydrogens is 160 g/mol. The zero-order valence-corrected chi connectivity index (χ0v) is 7.60. The molecule has 1 rings (SSSR count). The van der Waals surface area contributed by atoms with E-state index >= 15 is 0 Å². The minimum absolute atomic E-state index is 0.627. The average Bonchev–Trinajstić information content (AvgIpc) is 2.03. The summed E-state index contributed by atoms with van der Waals surface area (Å²) in [5.41, 5.74) is 0. The number of thioether (sulfide) groups is 1. The number of methoxy groups -OCH3 is 1. The normalized spacial score (nSPS) is 9.73. The van der Waals surface area contributed by atoms with Gasteiger partial charge in [0.15, 0.2) is 0 Å². The molecule has 0 N–H and O–H groups in total. The van der Waals surface area contributed by atoms with Crippen LogP contribution in [0.1, 0.15) is 5.82 Å². The highest BCUT2D eigenvalue weighted by Crippen LogP contribution is 2.16. The van der Waals surface area contributed by atoms with Crippen molar-refractivity contribution in [2.24, 2.45) is 0 Å². The summed E-state index contributed by atoms with van der Waals surface area (Å²) in [7, 11) is 1.60. The van der Waals surface area contributed by atoms with Crippen LogP contribution in [-0.4, -0.2) is 23.3 Å². The number of nitrogens with zero attached hydrogens (tertiary/aromatic N) is 2. The number of aryl methyl sites for hydroxylation is 1. The Hall–Kier alpha value is -0.770. The van der Waals surface area contributed by atoms with Crippen LogP contribution >= 0.6 is 11.8 Å². The third kappa shape index (κ3) is 2.08. The minimum atomic E-state index is 0.627. The first kappa shape index (κ1) is 8.33. The average molecular weight is 170 g/mol. The van der Waals surface area contributed by atoms with E-state index in [1.165, 1.54) is 0 Å². The minimum Gasteiger partial charge on any atom is -0.481 e. The van der Waals surface area contributed by atoms with Gasteiger partial charge in [0.2, 0.25) is 5.88 Å². The summed E-state index contributed by atoms with van der Waals surface area (Å²) >= 11 is 1.58. The molecule has 0 saturated heterocycles. The number of rotatable bonds is 2. The summed E-state index contributed by atoms with van der Waals surface area (Å²) in [5.74, 6) is 1.37. The Morgan fingerprint density at radius 1 is 1.45 bits per heavy atom. The van der Waals surface area contributed by atoms with Gasteiger partial charge in [-0.05, 0) is 13.2 Å². The van der Waals surface area contributed by atoms with Crippen LogP contribution in [-0.2, 0) is 0 Å². The van der Waals surface area contributed by atoms with E-state index in [0.717, 1.165) is 10.9 Å². The second-order valence-corrected chi connectivity index (χ2v) is 2.83. The van der Waals surface area contributed by atoms with E-state index in [-0.39, 0.29) is 0 Å². The lowest BCUT2D eigenvalue weighted by Crippen LogP contribution is -1.93. The summed E-state index contributed by atoms with van der Waals surface area (Å²) in [6, 6.07) is 1.82. The first-order valence-electron chi connectivity index (χ1n) is 3.20. The maximum absolute atomic E-state index is 4.97. The predicted octanol–water partition coefficient (Wildman–Crippen LogP) is 1.52. The fourth-order valence-electron chi connectivity index (χ4n) is 0.723.